The van der Waals surface area contributed by atoms with E-state index in [1.54, 1.807) is 13.0 Å². The van der Waals surface area contributed by atoms with Gasteiger partial charge in [-0.1, -0.05) is 42.0 Å². The molecule has 0 saturated carbocycles. The Morgan fingerprint density at radius 2 is 1.63 bits per heavy atom. The van der Waals surface area contributed by atoms with Crippen molar-refractivity contribution in [1.29, 1.82) is 0 Å². The van der Waals surface area contributed by atoms with Crippen LogP contribution in [0.3, 0.4) is 0 Å². The van der Waals surface area contributed by atoms with E-state index in [4.69, 9.17) is 15.2 Å². The average molecular weight is 587 g/mol. The van der Waals surface area contributed by atoms with E-state index in [2.05, 4.69) is 49.0 Å². The number of pyridine rings is 1. The van der Waals surface area contributed by atoms with Crippen molar-refractivity contribution in [2.24, 2.45) is 0 Å². The molecule has 0 unspecified atom stereocenters. The van der Waals surface area contributed by atoms with Crippen molar-refractivity contribution in [3.63, 3.8) is 0 Å². The van der Waals surface area contributed by atoms with Crippen molar-refractivity contribution in [2.75, 3.05) is 56.6 Å². The van der Waals surface area contributed by atoms with Gasteiger partial charge in [-0.3, -0.25) is 9.88 Å². The number of piperazine rings is 1. The Bertz CT molecular complexity index is 1550. The number of benzene rings is 2. The van der Waals surface area contributed by atoms with E-state index in [9.17, 15) is 8.78 Å². The molecular formula is C33H36F2N6O2. The molecule has 0 atom stereocenters. The fraction of sp³-hybridized carbons (Fsp3) is 0.364. The molecule has 43 heavy (non-hydrogen) atoms. The van der Waals surface area contributed by atoms with Gasteiger partial charge in [0.25, 0.3) is 6.43 Å². The number of hydrogen-bond donors (Lipinski definition) is 1. The second-order valence-electron chi connectivity index (χ2n) is 11.2. The van der Waals surface area contributed by atoms with Crippen LogP contribution < -0.4 is 15.4 Å². The summed E-state index contributed by atoms with van der Waals surface area (Å²) in [4.78, 5) is 17.9. The summed E-state index contributed by atoms with van der Waals surface area (Å²) < 4.78 is 39.0. The minimum absolute atomic E-state index is 0.0449. The van der Waals surface area contributed by atoms with Gasteiger partial charge in [-0.15, -0.1) is 0 Å². The standard InChI is InChI=1S/C33H36F2N6O2/c1-21-3-7-24(8-4-21)30-29(25-17-22(2)37-28(18-25)31(34)35)32(39-33(36)38-30)43-16-11-23-5-9-26(10-6-23)40-12-14-41(15-13-40)27-19-42-20-27/h3-10,17-18,27,31H,11-16,19-20H2,1-2H3,(H2,36,38,39). The molecule has 2 N–H and O–H groups in total. The Labute approximate surface area is 250 Å². The maximum atomic E-state index is 13.7. The summed E-state index contributed by atoms with van der Waals surface area (Å²) in [5, 5.41) is 0. The first-order chi connectivity index (χ1) is 20.8. The molecule has 6 rings (SSSR count). The normalized spacial score (nSPS) is 16.0. The second kappa shape index (κ2) is 12.6. The zero-order valence-electron chi connectivity index (χ0n) is 24.5. The van der Waals surface area contributed by atoms with Crippen molar-refractivity contribution in [3.8, 4) is 28.3 Å². The van der Waals surface area contributed by atoms with E-state index in [1.165, 1.54) is 11.8 Å². The van der Waals surface area contributed by atoms with Crippen molar-refractivity contribution >= 4 is 11.6 Å². The number of rotatable bonds is 9. The van der Waals surface area contributed by atoms with Gasteiger partial charge in [-0.05, 0) is 49.2 Å². The molecule has 2 aromatic heterocycles. The van der Waals surface area contributed by atoms with Crippen LogP contribution in [0.25, 0.3) is 22.4 Å². The highest BCUT2D eigenvalue weighted by Gasteiger charge is 2.29. The summed E-state index contributed by atoms with van der Waals surface area (Å²) in [5.74, 6) is 0.295. The third kappa shape index (κ3) is 6.60. The van der Waals surface area contributed by atoms with E-state index < -0.39 is 6.43 Å². The average Bonchev–Trinajstić information content (AvgIpc) is 2.97. The number of hydrogen-bond acceptors (Lipinski definition) is 8. The van der Waals surface area contributed by atoms with Gasteiger partial charge in [0.15, 0.2) is 0 Å². The van der Waals surface area contributed by atoms with Gasteiger partial charge in [0.2, 0.25) is 11.8 Å². The highest BCUT2D eigenvalue weighted by atomic mass is 19.3. The maximum absolute atomic E-state index is 13.7. The van der Waals surface area contributed by atoms with Gasteiger partial charge >= 0.3 is 0 Å². The monoisotopic (exact) mass is 586 g/mol. The van der Waals surface area contributed by atoms with E-state index in [0.29, 0.717) is 41.6 Å². The fourth-order valence-corrected chi connectivity index (χ4v) is 5.61. The SMILES string of the molecule is Cc1ccc(-c2nc(N)nc(OCCc3ccc(N4CCN(C5COC5)CC4)cc3)c2-c2cc(C)nc(C(F)F)c2)cc1. The molecule has 2 fully saturated rings. The fourth-order valence-electron chi connectivity index (χ4n) is 5.61. The smallest absolute Gasteiger partial charge is 0.280 e. The highest BCUT2D eigenvalue weighted by Crippen LogP contribution is 2.39. The Hall–Kier alpha value is -4.15. The first-order valence-corrected chi connectivity index (χ1v) is 14.6. The molecule has 2 aliphatic rings. The number of anilines is 2. The van der Waals surface area contributed by atoms with Crippen LogP contribution in [0.15, 0.2) is 60.7 Å². The van der Waals surface area contributed by atoms with Crippen molar-refractivity contribution in [1.82, 2.24) is 19.9 Å². The van der Waals surface area contributed by atoms with Crippen LogP contribution in [0.2, 0.25) is 0 Å². The summed E-state index contributed by atoms with van der Waals surface area (Å²) in [7, 11) is 0. The van der Waals surface area contributed by atoms with Gasteiger partial charge < -0.3 is 20.1 Å². The minimum Gasteiger partial charge on any atom is -0.477 e. The molecule has 4 heterocycles. The molecule has 2 aliphatic heterocycles. The molecule has 224 valence electrons. The van der Waals surface area contributed by atoms with Crippen molar-refractivity contribution in [2.45, 2.75) is 32.7 Å². The van der Waals surface area contributed by atoms with Crippen LogP contribution in [0, 0.1) is 13.8 Å². The number of alkyl halides is 2. The lowest BCUT2D eigenvalue weighted by atomic mass is 9.98. The Morgan fingerprint density at radius 1 is 0.907 bits per heavy atom. The number of nitrogens with two attached hydrogens (primary N) is 1. The Balaban J connectivity index is 1.21. The summed E-state index contributed by atoms with van der Waals surface area (Å²) in [6, 6.07) is 20.0. The lowest BCUT2D eigenvalue weighted by molar-refractivity contribution is -0.0660. The first kappa shape index (κ1) is 28.9. The van der Waals surface area contributed by atoms with Crippen LogP contribution >= 0.6 is 0 Å². The highest BCUT2D eigenvalue weighted by molar-refractivity contribution is 5.85. The molecule has 0 aliphatic carbocycles. The van der Waals surface area contributed by atoms with Gasteiger partial charge in [-0.2, -0.15) is 4.98 Å². The summed E-state index contributed by atoms with van der Waals surface area (Å²) >= 11 is 0. The minimum atomic E-state index is -2.72. The van der Waals surface area contributed by atoms with E-state index in [-0.39, 0.29) is 17.5 Å². The summed E-state index contributed by atoms with van der Waals surface area (Å²) in [5.41, 5.74) is 12.0. The molecule has 10 heteroatoms. The molecule has 0 amide bonds. The molecule has 4 aromatic rings. The van der Waals surface area contributed by atoms with Crippen molar-refractivity contribution < 1.29 is 18.3 Å². The van der Waals surface area contributed by atoms with Crippen LogP contribution in [0.1, 0.15) is 28.9 Å². The largest absolute Gasteiger partial charge is 0.477 e. The quantitative estimate of drug-likeness (QED) is 0.276. The molecule has 0 spiro atoms. The third-order valence-electron chi connectivity index (χ3n) is 8.09. The lowest BCUT2D eigenvalue weighted by Crippen LogP contribution is -2.56. The van der Waals surface area contributed by atoms with Crippen LogP contribution in [-0.2, 0) is 11.2 Å². The van der Waals surface area contributed by atoms with Crippen LogP contribution in [-0.4, -0.2) is 71.9 Å². The molecule has 2 aromatic carbocycles. The van der Waals surface area contributed by atoms with Crippen molar-refractivity contribution in [3.05, 3.63) is 83.2 Å². The zero-order valence-corrected chi connectivity index (χ0v) is 24.5. The van der Waals surface area contributed by atoms with E-state index in [0.717, 1.165) is 56.1 Å². The summed E-state index contributed by atoms with van der Waals surface area (Å²) in [6.07, 6.45) is -2.08. The number of ether oxygens (including phenoxy) is 2. The number of aromatic nitrogens is 3. The molecule has 0 bridgehead atoms. The van der Waals surface area contributed by atoms with Gasteiger partial charge in [-0.25, -0.2) is 13.8 Å². The van der Waals surface area contributed by atoms with Gasteiger partial charge in [0.1, 0.15) is 5.69 Å². The topological polar surface area (TPSA) is 89.6 Å². The van der Waals surface area contributed by atoms with E-state index >= 15 is 0 Å². The predicted molar refractivity (Wildman–Crippen MR) is 164 cm³/mol. The van der Waals surface area contributed by atoms with Gasteiger partial charge in [0, 0.05) is 49.5 Å². The maximum Gasteiger partial charge on any atom is 0.280 e. The first-order valence-electron chi connectivity index (χ1n) is 14.6. The van der Waals surface area contributed by atoms with E-state index in [1.807, 2.05) is 31.2 Å². The number of halogens is 2. The summed E-state index contributed by atoms with van der Waals surface area (Å²) in [6.45, 7) is 9.81. The molecule has 0 radical (unpaired) electrons. The second-order valence-corrected chi connectivity index (χ2v) is 11.2. The van der Waals surface area contributed by atoms with Crippen LogP contribution in [0.5, 0.6) is 5.88 Å². The molecule has 2 saturated heterocycles. The Kier molecular flexibility index (Phi) is 8.49. The molecular weight excluding hydrogens is 550 g/mol. The van der Waals surface area contributed by atoms with Crippen LogP contribution in [0.4, 0.5) is 20.4 Å². The van der Waals surface area contributed by atoms with Gasteiger partial charge in [0.05, 0.1) is 37.1 Å². The third-order valence-corrected chi connectivity index (χ3v) is 8.09. The number of nitrogen functional groups attached to an aromatic ring is 1. The predicted octanol–water partition coefficient (Wildman–Crippen LogP) is 5.48. The number of aryl methyl sites for hydroxylation is 2. The Morgan fingerprint density at radius 3 is 2.28 bits per heavy atom. The zero-order chi connectivity index (χ0) is 29.9. The molecule has 8 nitrogen and oxygen atoms in total. The lowest BCUT2D eigenvalue weighted by Gasteiger charge is -2.43. The number of nitrogens with zero attached hydrogens (tertiary/aromatic N) is 5.